The molecule has 0 spiro atoms. The van der Waals surface area contributed by atoms with Gasteiger partial charge >= 0.3 is 0 Å². The molecule has 10 heteroatoms. The second-order valence-electron chi connectivity index (χ2n) is 5.95. The van der Waals surface area contributed by atoms with Crippen LogP contribution in [0.3, 0.4) is 0 Å². The van der Waals surface area contributed by atoms with E-state index in [-0.39, 0.29) is 0 Å². The average molecular weight is 337 g/mol. The Labute approximate surface area is 137 Å². The summed E-state index contributed by atoms with van der Waals surface area (Å²) in [4.78, 5) is 20.5. The monoisotopic (exact) mass is 337 g/mol. The third kappa shape index (κ3) is 2.47. The summed E-state index contributed by atoms with van der Waals surface area (Å²) < 4.78 is 6.60. The molecule has 0 aromatic carbocycles. The Morgan fingerprint density at radius 1 is 1.17 bits per heavy atom. The summed E-state index contributed by atoms with van der Waals surface area (Å²) in [5.41, 5.74) is 1.05. The first-order chi connectivity index (χ1) is 11.7. The van der Waals surface area contributed by atoms with E-state index < -0.39 is 31.2 Å². The van der Waals surface area contributed by atoms with E-state index in [0.29, 0.717) is 11.2 Å². The SMILES string of the molecule is OC[C@H]1O[C@@H](On2cnc3c(N4CCCC4)ncnc32)[C@@H](O)[C@@H]1O. The molecule has 2 aliphatic heterocycles. The highest BCUT2D eigenvalue weighted by molar-refractivity contribution is 5.83. The standard InChI is InChI=1S/C14H19N5O5/c20-5-8-10(21)11(22)14(23-8)24-19-7-17-9-12(15-6-16-13(9)19)18-3-1-2-4-18/h6-8,10-11,14,20-22H,1-5H2/t8-,10-,11+,14+/m1/s1. The normalized spacial score (nSPS) is 30.4. The highest BCUT2D eigenvalue weighted by atomic mass is 16.8. The Bertz CT molecular complexity index is 719. The van der Waals surface area contributed by atoms with Gasteiger partial charge in [0.2, 0.25) is 5.65 Å². The van der Waals surface area contributed by atoms with E-state index in [1.54, 1.807) is 0 Å². The van der Waals surface area contributed by atoms with Gasteiger partial charge in [-0.25, -0.2) is 15.0 Å². The maximum atomic E-state index is 9.97. The van der Waals surface area contributed by atoms with Crippen LogP contribution in [0.1, 0.15) is 12.8 Å². The van der Waals surface area contributed by atoms with E-state index in [0.717, 1.165) is 31.7 Å². The van der Waals surface area contributed by atoms with Crippen molar-refractivity contribution in [2.75, 3.05) is 24.6 Å². The first-order valence-electron chi connectivity index (χ1n) is 7.91. The Morgan fingerprint density at radius 3 is 2.67 bits per heavy atom. The molecule has 0 aliphatic carbocycles. The Hall–Kier alpha value is -2.01. The molecule has 0 amide bonds. The molecule has 0 unspecified atom stereocenters. The van der Waals surface area contributed by atoms with Gasteiger partial charge < -0.3 is 29.8 Å². The maximum Gasteiger partial charge on any atom is 0.254 e. The number of hydrogen-bond acceptors (Lipinski definition) is 9. The fourth-order valence-corrected chi connectivity index (χ4v) is 3.10. The van der Waals surface area contributed by atoms with Crippen molar-refractivity contribution in [2.45, 2.75) is 37.4 Å². The highest BCUT2D eigenvalue weighted by Crippen LogP contribution is 2.25. The lowest BCUT2D eigenvalue weighted by Crippen LogP contribution is -2.38. The lowest BCUT2D eigenvalue weighted by atomic mass is 10.1. The van der Waals surface area contributed by atoms with Gasteiger partial charge in [0.25, 0.3) is 6.29 Å². The molecule has 2 aromatic rings. The first kappa shape index (κ1) is 15.5. The molecule has 10 nitrogen and oxygen atoms in total. The van der Waals surface area contributed by atoms with E-state index in [1.165, 1.54) is 17.4 Å². The lowest BCUT2D eigenvalue weighted by molar-refractivity contribution is -0.169. The molecule has 2 fully saturated rings. The highest BCUT2D eigenvalue weighted by Gasteiger charge is 2.44. The predicted molar refractivity (Wildman–Crippen MR) is 81.1 cm³/mol. The summed E-state index contributed by atoms with van der Waals surface area (Å²) in [5, 5.41) is 28.9. The smallest absolute Gasteiger partial charge is 0.254 e. The molecule has 3 N–H and O–H groups in total. The van der Waals surface area contributed by atoms with E-state index in [4.69, 9.17) is 14.7 Å². The zero-order valence-corrected chi connectivity index (χ0v) is 12.9. The lowest BCUT2D eigenvalue weighted by Gasteiger charge is -2.17. The van der Waals surface area contributed by atoms with Crippen molar-refractivity contribution in [3.8, 4) is 0 Å². The number of anilines is 1. The molecule has 0 bridgehead atoms. The van der Waals surface area contributed by atoms with Crippen molar-refractivity contribution in [1.82, 2.24) is 19.7 Å². The third-order valence-electron chi connectivity index (χ3n) is 4.41. The van der Waals surface area contributed by atoms with Crippen LogP contribution >= 0.6 is 0 Å². The van der Waals surface area contributed by atoms with Crippen molar-refractivity contribution >= 4 is 17.0 Å². The molecule has 4 atom stereocenters. The molecule has 24 heavy (non-hydrogen) atoms. The number of fused-ring (bicyclic) bond motifs is 1. The molecule has 2 saturated heterocycles. The molecular formula is C14H19N5O5. The third-order valence-corrected chi connectivity index (χ3v) is 4.41. The summed E-state index contributed by atoms with van der Waals surface area (Å²) in [6, 6.07) is 0. The van der Waals surface area contributed by atoms with Crippen LogP contribution in [0.4, 0.5) is 5.82 Å². The van der Waals surface area contributed by atoms with Gasteiger partial charge in [0.1, 0.15) is 31.0 Å². The van der Waals surface area contributed by atoms with Gasteiger partial charge in [-0.1, -0.05) is 0 Å². The molecule has 4 heterocycles. The van der Waals surface area contributed by atoms with Gasteiger partial charge in [-0.15, -0.1) is 4.73 Å². The van der Waals surface area contributed by atoms with Crippen molar-refractivity contribution in [1.29, 1.82) is 0 Å². The molecule has 2 aliphatic rings. The molecular weight excluding hydrogens is 318 g/mol. The van der Waals surface area contributed by atoms with E-state index in [1.807, 2.05) is 0 Å². The van der Waals surface area contributed by atoms with Gasteiger partial charge in [-0.05, 0) is 12.8 Å². The molecule has 0 saturated carbocycles. The summed E-state index contributed by atoms with van der Waals surface area (Å²) in [7, 11) is 0. The van der Waals surface area contributed by atoms with E-state index in [2.05, 4.69) is 19.9 Å². The predicted octanol–water partition coefficient (Wildman–Crippen LogP) is -1.71. The molecule has 4 rings (SSSR count). The van der Waals surface area contributed by atoms with Crippen LogP contribution < -0.4 is 9.74 Å². The van der Waals surface area contributed by atoms with Gasteiger partial charge in [0.05, 0.1) is 6.61 Å². The fraction of sp³-hybridized carbons (Fsp3) is 0.643. The maximum absolute atomic E-state index is 9.97. The quantitative estimate of drug-likeness (QED) is 0.598. The van der Waals surface area contributed by atoms with Gasteiger partial charge in [-0.3, -0.25) is 0 Å². The number of hydrogen-bond donors (Lipinski definition) is 3. The van der Waals surface area contributed by atoms with Crippen LogP contribution in [0.25, 0.3) is 11.2 Å². The Morgan fingerprint density at radius 2 is 1.96 bits per heavy atom. The summed E-state index contributed by atoms with van der Waals surface area (Å²) in [6.07, 6.45) is 0.581. The van der Waals surface area contributed by atoms with Crippen LogP contribution in [0, 0.1) is 0 Å². The number of ether oxygens (including phenoxy) is 1. The number of aromatic nitrogens is 4. The minimum absolute atomic E-state index is 0.413. The van der Waals surface area contributed by atoms with Crippen LogP contribution in [0.5, 0.6) is 0 Å². The van der Waals surface area contributed by atoms with E-state index in [9.17, 15) is 10.2 Å². The first-order valence-corrected chi connectivity index (χ1v) is 7.91. The van der Waals surface area contributed by atoms with E-state index >= 15 is 0 Å². The van der Waals surface area contributed by atoms with Gasteiger partial charge in [0.15, 0.2) is 11.3 Å². The van der Waals surface area contributed by atoms with Crippen molar-refractivity contribution in [2.24, 2.45) is 0 Å². The molecule has 0 radical (unpaired) electrons. The minimum atomic E-state index is -1.28. The average Bonchev–Trinajstić information content (AvgIpc) is 3.31. The number of imidazole rings is 1. The van der Waals surface area contributed by atoms with Crippen LogP contribution in [-0.2, 0) is 4.74 Å². The zero-order chi connectivity index (χ0) is 16.7. The second-order valence-corrected chi connectivity index (χ2v) is 5.95. The molecule has 2 aromatic heterocycles. The minimum Gasteiger partial charge on any atom is -0.394 e. The van der Waals surface area contributed by atoms with Crippen LogP contribution in [-0.4, -0.2) is 79.3 Å². The van der Waals surface area contributed by atoms with Crippen molar-refractivity contribution < 1.29 is 24.9 Å². The number of aliphatic hydroxyl groups is 3. The van der Waals surface area contributed by atoms with Gasteiger partial charge in [-0.2, -0.15) is 0 Å². The van der Waals surface area contributed by atoms with Crippen LogP contribution in [0.2, 0.25) is 0 Å². The number of rotatable bonds is 4. The topological polar surface area (TPSA) is 126 Å². The number of nitrogens with zero attached hydrogens (tertiary/aromatic N) is 5. The Kier molecular flexibility index (Phi) is 3.96. The molecule has 130 valence electrons. The van der Waals surface area contributed by atoms with Crippen molar-refractivity contribution in [3.05, 3.63) is 12.7 Å². The summed E-state index contributed by atoms with van der Waals surface area (Å²) in [5.74, 6) is 0.751. The Balaban J connectivity index is 1.60. The largest absolute Gasteiger partial charge is 0.394 e. The number of aliphatic hydroxyl groups excluding tert-OH is 3. The summed E-state index contributed by atoms with van der Waals surface area (Å²) in [6.45, 7) is 1.44. The van der Waals surface area contributed by atoms with Crippen molar-refractivity contribution in [3.63, 3.8) is 0 Å². The van der Waals surface area contributed by atoms with Crippen LogP contribution in [0.15, 0.2) is 12.7 Å². The van der Waals surface area contributed by atoms with Gasteiger partial charge in [0, 0.05) is 13.1 Å². The second kappa shape index (κ2) is 6.13. The summed E-state index contributed by atoms with van der Waals surface area (Å²) >= 11 is 0. The fourth-order valence-electron chi connectivity index (χ4n) is 3.10. The zero-order valence-electron chi connectivity index (χ0n) is 12.9.